The van der Waals surface area contributed by atoms with E-state index in [1.54, 1.807) is 18.2 Å². The number of benzene rings is 2. The summed E-state index contributed by atoms with van der Waals surface area (Å²) in [5, 5.41) is 8.67. The highest BCUT2D eigenvalue weighted by molar-refractivity contribution is 9.10. The fraction of sp³-hybridized carbons (Fsp3) is 0.0714. The third kappa shape index (κ3) is 3.08. The molecule has 0 atom stereocenters. The molecule has 0 aliphatic carbocycles. The van der Waals surface area contributed by atoms with Gasteiger partial charge < -0.3 is 4.74 Å². The van der Waals surface area contributed by atoms with Crippen LogP contribution in [0.25, 0.3) is 0 Å². The predicted octanol–water partition coefficient (Wildman–Crippen LogP) is 4.04. The average Bonchev–Trinajstić information content (AvgIpc) is 2.40. The summed E-state index contributed by atoms with van der Waals surface area (Å²) in [6.07, 6.45) is 0. The Morgan fingerprint density at radius 1 is 1.17 bits per heavy atom. The molecule has 0 bridgehead atoms. The third-order valence-corrected chi connectivity index (χ3v) is 3.03. The lowest BCUT2D eigenvalue weighted by Gasteiger charge is -2.08. The van der Waals surface area contributed by atoms with Gasteiger partial charge in [-0.2, -0.15) is 5.26 Å². The molecule has 2 rings (SSSR count). The first-order valence-corrected chi connectivity index (χ1v) is 6.05. The third-order valence-electron chi connectivity index (χ3n) is 2.37. The minimum atomic E-state index is -0.340. The highest BCUT2D eigenvalue weighted by atomic mass is 79.9. The molecule has 2 aromatic carbocycles. The average molecular weight is 306 g/mol. The maximum atomic E-state index is 13.0. The molecule has 90 valence electrons. The van der Waals surface area contributed by atoms with Gasteiger partial charge in [0.2, 0.25) is 0 Å². The fourth-order valence-corrected chi connectivity index (χ4v) is 1.79. The van der Waals surface area contributed by atoms with Crippen LogP contribution in [0, 0.1) is 17.1 Å². The molecule has 0 radical (unpaired) electrons. The Balaban J connectivity index is 2.07. The summed E-state index contributed by atoms with van der Waals surface area (Å²) in [6.45, 7) is 0.327. The van der Waals surface area contributed by atoms with E-state index in [4.69, 9.17) is 10.00 Å². The summed E-state index contributed by atoms with van der Waals surface area (Å²) in [6, 6.07) is 13.4. The van der Waals surface area contributed by atoms with Crippen LogP contribution in [0.5, 0.6) is 5.75 Å². The first kappa shape index (κ1) is 12.6. The number of nitriles is 1. The second-order valence-electron chi connectivity index (χ2n) is 3.67. The molecule has 0 aliphatic heterocycles. The van der Waals surface area contributed by atoms with Crippen LogP contribution < -0.4 is 4.74 Å². The molecule has 4 heteroatoms. The molecule has 0 aromatic heterocycles. The van der Waals surface area contributed by atoms with Crippen LogP contribution in [0.1, 0.15) is 11.1 Å². The SMILES string of the molecule is N#Cc1ccc(COc2cc(F)ccc2Br)cc1. The molecule has 0 spiro atoms. The van der Waals surface area contributed by atoms with Crippen molar-refractivity contribution in [1.29, 1.82) is 5.26 Å². The Morgan fingerprint density at radius 3 is 2.56 bits per heavy atom. The van der Waals surface area contributed by atoms with Gasteiger partial charge in [0.05, 0.1) is 16.1 Å². The van der Waals surface area contributed by atoms with E-state index >= 15 is 0 Å². The zero-order valence-electron chi connectivity index (χ0n) is 9.36. The highest BCUT2D eigenvalue weighted by Gasteiger charge is 2.03. The maximum absolute atomic E-state index is 13.0. The van der Waals surface area contributed by atoms with Crippen LogP contribution in [0.15, 0.2) is 46.9 Å². The van der Waals surface area contributed by atoms with E-state index in [-0.39, 0.29) is 5.82 Å². The number of hydrogen-bond acceptors (Lipinski definition) is 2. The van der Waals surface area contributed by atoms with Crippen LogP contribution >= 0.6 is 15.9 Å². The van der Waals surface area contributed by atoms with E-state index in [2.05, 4.69) is 15.9 Å². The van der Waals surface area contributed by atoms with E-state index in [0.29, 0.717) is 22.4 Å². The smallest absolute Gasteiger partial charge is 0.136 e. The molecule has 18 heavy (non-hydrogen) atoms. The first-order chi connectivity index (χ1) is 8.69. The van der Waals surface area contributed by atoms with Crippen molar-refractivity contribution in [3.05, 3.63) is 63.9 Å². The zero-order chi connectivity index (χ0) is 13.0. The number of nitrogens with zero attached hydrogens (tertiary/aromatic N) is 1. The van der Waals surface area contributed by atoms with Gasteiger partial charge in [-0.25, -0.2) is 4.39 Å². The molecule has 0 fully saturated rings. The second kappa shape index (κ2) is 5.65. The number of rotatable bonds is 3. The lowest BCUT2D eigenvalue weighted by atomic mass is 10.2. The van der Waals surface area contributed by atoms with Crippen molar-refractivity contribution >= 4 is 15.9 Å². The van der Waals surface area contributed by atoms with Crippen LogP contribution in [0.3, 0.4) is 0 Å². The maximum Gasteiger partial charge on any atom is 0.136 e. The summed E-state index contributed by atoms with van der Waals surface area (Å²) in [5.41, 5.74) is 1.52. The van der Waals surface area contributed by atoms with E-state index in [0.717, 1.165) is 5.56 Å². The van der Waals surface area contributed by atoms with Crippen LogP contribution in [0.2, 0.25) is 0 Å². The molecule has 0 saturated heterocycles. The van der Waals surface area contributed by atoms with Gasteiger partial charge in [-0.1, -0.05) is 12.1 Å². The van der Waals surface area contributed by atoms with Gasteiger partial charge in [0, 0.05) is 6.07 Å². The number of halogens is 2. The van der Waals surface area contributed by atoms with Gasteiger partial charge in [0.25, 0.3) is 0 Å². The van der Waals surface area contributed by atoms with Gasteiger partial charge in [0.15, 0.2) is 0 Å². The van der Waals surface area contributed by atoms with Gasteiger partial charge in [-0.15, -0.1) is 0 Å². The molecule has 0 N–H and O–H groups in total. The van der Waals surface area contributed by atoms with Crippen LogP contribution in [-0.2, 0) is 6.61 Å². The largest absolute Gasteiger partial charge is 0.488 e. The summed E-state index contributed by atoms with van der Waals surface area (Å²) in [5.74, 6) is 0.118. The number of hydrogen-bond donors (Lipinski definition) is 0. The van der Waals surface area contributed by atoms with Crippen molar-refractivity contribution in [3.63, 3.8) is 0 Å². The highest BCUT2D eigenvalue weighted by Crippen LogP contribution is 2.26. The molecular weight excluding hydrogens is 297 g/mol. The Morgan fingerprint density at radius 2 is 1.89 bits per heavy atom. The van der Waals surface area contributed by atoms with E-state index < -0.39 is 0 Å². The summed E-state index contributed by atoms with van der Waals surface area (Å²) in [7, 11) is 0. The first-order valence-electron chi connectivity index (χ1n) is 5.26. The molecule has 0 aliphatic rings. The van der Waals surface area contributed by atoms with Gasteiger partial charge in [-0.3, -0.25) is 0 Å². The van der Waals surface area contributed by atoms with Crippen molar-refractivity contribution in [2.45, 2.75) is 6.61 Å². The van der Waals surface area contributed by atoms with E-state index in [1.807, 2.05) is 18.2 Å². The van der Waals surface area contributed by atoms with Gasteiger partial charge >= 0.3 is 0 Å². The van der Waals surface area contributed by atoms with Gasteiger partial charge in [-0.05, 0) is 45.8 Å². The Labute approximate surface area is 113 Å². The zero-order valence-corrected chi connectivity index (χ0v) is 10.9. The monoisotopic (exact) mass is 305 g/mol. The quantitative estimate of drug-likeness (QED) is 0.857. The fourth-order valence-electron chi connectivity index (χ4n) is 1.42. The summed E-state index contributed by atoms with van der Waals surface area (Å²) in [4.78, 5) is 0. The second-order valence-corrected chi connectivity index (χ2v) is 4.53. The number of ether oxygens (including phenoxy) is 1. The molecular formula is C14H9BrFNO. The van der Waals surface area contributed by atoms with E-state index in [1.165, 1.54) is 12.1 Å². The standard InChI is InChI=1S/C14H9BrFNO/c15-13-6-5-12(16)7-14(13)18-9-11-3-1-10(8-17)2-4-11/h1-7H,9H2. The van der Waals surface area contributed by atoms with Crippen molar-refractivity contribution in [1.82, 2.24) is 0 Å². The predicted molar refractivity (Wildman–Crippen MR) is 69.6 cm³/mol. The minimum Gasteiger partial charge on any atom is -0.488 e. The lowest BCUT2D eigenvalue weighted by molar-refractivity contribution is 0.302. The molecule has 2 nitrogen and oxygen atoms in total. The van der Waals surface area contributed by atoms with Gasteiger partial charge in [0.1, 0.15) is 18.2 Å². The van der Waals surface area contributed by atoms with Crippen LogP contribution in [-0.4, -0.2) is 0 Å². The summed E-state index contributed by atoms with van der Waals surface area (Å²) >= 11 is 3.29. The molecule has 0 saturated carbocycles. The molecule has 0 heterocycles. The normalized spacial score (nSPS) is 9.83. The summed E-state index contributed by atoms with van der Waals surface area (Å²) < 4.78 is 19.2. The lowest BCUT2D eigenvalue weighted by Crippen LogP contribution is -1.96. The Kier molecular flexibility index (Phi) is 3.96. The van der Waals surface area contributed by atoms with Crippen molar-refractivity contribution in [2.75, 3.05) is 0 Å². The van der Waals surface area contributed by atoms with Crippen molar-refractivity contribution < 1.29 is 9.13 Å². The van der Waals surface area contributed by atoms with E-state index in [9.17, 15) is 4.39 Å². The Bertz CT molecular complexity index is 590. The van der Waals surface area contributed by atoms with Crippen molar-refractivity contribution in [2.24, 2.45) is 0 Å². The Hall–Kier alpha value is -1.86. The van der Waals surface area contributed by atoms with Crippen LogP contribution in [0.4, 0.5) is 4.39 Å². The molecule has 0 amide bonds. The molecule has 0 unspecified atom stereocenters. The molecule has 2 aromatic rings. The van der Waals surface area contributed by atoms with Crippen molar-refractivity contribution in [3.8, 4) is 11.8 Å². The topological polar surface area (TPSA) is 33.0 Å². The minimum absolute atomic E-state index is 0.327.